The third-order valence-corrected chi connectivity index (χ3v) is 9.23. The summed E-state index contributed by atoms with van der Waals surface area (Å²) >= 11 is 0. The Morgan fingerprint density at radius 1 is 0.788 bits per heavy atom. The van der Waals surface area contributed by atoms with Crippen LogP contribution < -0.4 is 40.4 Å². The Morgan fingerprint density at radius 3 is 2.04 bits per heavy atom. The topological polar surface area (TPSA) is 136 Å². The number of allylic oxidation sites excluding steroid dienone is 1. The molecule has 0 aromatic heterocycles. The second kappa shape index (κ2) is 15.8. The van der Waals surface area contributed by atoms with Gasteiger partial charge >= 0.3 is 0 Å². The van der Waals surface area contributed by atoms with Crippen molar-refractivity contribution in [2.75, 3.05) is 95.5 Å². The van der Waals surface area contributed by atoms with E-state index in [0.29, 0.717) is 43.5 Å². The minimum absolute atomic E-state index is 0.00561. The van der Waals surface area contributed by atoms with Gasteiger partial charge in [-0.2, -0.15) is 0 Å². The van der Waals surface area contributed by atoms with E-state index >= 15 is 0 Å². The second-order valence-electron chi connectivity index (χ2n) is 13.5. The zero-order valence-electron chi connectivity index (χ0n) is 30.6. The minimum Gasteiger partial charge on any atom is -0.488 e. The summed E-state index contributed by atoms with van der Waals surface area (Å²) in [5.41, 5.74) is 18.7. The largest absolute Gasteiger partial charge is 0.488 e. The van der Waals surface area contributed by atoms with Gasteiger partial charge in [0.05, 0.1) is 37.7 Å². The summed E-state index contributed by atoms with van der Waals surface area (Å²) in [6.07, 6.45) is 6.42. The van der Waals surface area contributed by atoms with Crippen molar-refractivity contribution in [1.82, 2.24) is 4.90 Å². The van der Waals surface area contributed by atoms with E-state index < -0.39 is 11.8 Å². The maximum Gasteiger partial charge on any atom is 0.236 e. The van der Waals surface area contributed by atoms with Gasteiger partial charge in [-0.15, -0.1) is 0 Å². The minimum atomic E-state index is -0.479. The Morgan fingerprint density at radius 2 is 1.42 bits per heavy atom. The molecule has 2 aliphatic heterocycles. The smallest absolute Gasteiger partial charge is 0.236 e. The summed E-state index contributed by atoms with van der Waals surface area (Å²) in [4.78, 5) is 32.3. The molecule has 274 valence electrons. The van der Waals surface area contributed by atoms with E-state index in [2.05, 4.69) is 46.2 Å². The van der Waals surface area contributed by atoms with E-state index in [0.717, 1.165) is 50.7 Å². The van der Waals surface area contributed by atoms with Crippen LogP contribution in [0.3, 0.4) is 0 Å². The number of nitrogens with two attached hydrogens (primary N) is 2. The molecular formula is C40H48N6O6. The molecule has 0 bridgehead atoms. The number of ether oxygens (including phenoxy) is 4. The number of primary amides is 2. The third kappa shape index (κ3) is 8.19. The molecule has 12 nitrogen and oxygen atoms in total. The van der Waals surface area contributed by atoms with Gasteiger partial charge in [-0.05, 0) is 74.6 Å². The molecule has 1 unspecified atom stereocenters. The molecule has 1 aliphatic carbocycles. The summed E-state index contributed by atoms with van der Waals surface area (Å²) in [6, 6.07) is 18.2. The van der Waals surface area contributed by atoms with Crippen LogP contribution in [0.25, 0.3) is 5.57 Å². The van der Waals surface area contributed by atoms with Gasteiger partial charge < -0.3 is 45.1 Å². The highest BCUT2D eigenvalue weighted by molar-refractivity contribution is 5.92. The predicted molar refractivity (Wildman–Crippen MR) is 204 cm³/mol. The lowest BCUT2D eigenvalue weighted by Crippen LogP contribution is -2.38. The summed E-state index contributed by atoms with van der Waals surface area (Å²) in [5.74, 6) is 1.80. The maximum atomic E-state index is 12.3. The molecule has 0 radical (unpaired) electrons. The van der Waals surface area contributed by atoms with Crippen LogP contribution in [0, 0.1) is 6.92 Å². The first-order valence-corrected chi connectivity index (χ1v) is 17.4. The number of hydrogen-bond donors (Lipinski definition) is 2. The highest BCUT2D eigenvalue weighted by Gasteiger charge is 2.29. The average molecular weight is 709 g/mol. The molecular weight excluding hydrogens is 660 g/mol. The quantitative estimate of drug-likeness (QED) is 0.374. The van der Waals surface area contributed by atoms with E-state index in [9.17, 15) is 9.59 Å². The molecule has 2 amide bonds. The molecule has 0 saturated carbocycles. The van der Waals surface area contributed by atoms with Gasteiger partial charge in [-0.25, -0.2) is 0 Å². The number of nitrogens with zero attached hydrogens (tertiary/aromatic N) is 4. The third-order valence-electron chi connectivity index (χ3n) is 9.23. The van der Waals surface area contributed by atoms with Gasteiger partial charge in [-0.3, -0.25) is 14.5 Å². The number of carbonyl (C=O) groups excluding carboxylic acids is 2. The van der Waals surface area contributed by atoms with Gasteiger partial charge in [0.1, 0.15) is 36.2 Å². The van der Waals surface area contributed by atoms with Crippen molar-refractivity contribution in [2.24, 2.45) is 11.5 Å². The fraction of sp³-hybridized carbons (Fsp3) is 0.350. The summed E-state index contributed by atoms with van der Waals surface area (Å²) in [7, 11) is 8.10. The number of benzene rings is 3. The van der Waals surface area contributed by atoms with Gasteiger partial charge in [0, 0.05) is 61.7 Å². The number of rotatable bonds is 7. The highest BCUT2D eigenvalue weighted by atomic mass is 16.5. The molecule has 6 rings (SSSR count). The Labute approximate surface area is 305 Å². The number of fused-ring (bicyclic) bond motifs is 4. The Balaban J connectivity index is 1.41. The lowest BCUT2D eigenvalue weighted by molar-refractivity contribution is -0.117. The van der Waals surface area contributed by atoms with E-state index in [1.54, 1.807) is 0 Å². The van der Waals surface area contributed by atoms with Crippen LogP contribution in [0.4, 0.5) is 17.1 Å². The number of amides is 2. The predicted octanol–water partition coefficient (Wildman–Crippen LogP) is 3.71. The van der Waals surface area contributed by atoms with Gasteiger partial charge in [-0.1, -0.05) is 24.3 Å². The molecule has 3 aromatic rings. The van der Waals surface area contributed by atoms with Crippen molar-refractivity contribution in [3.8, 4) is 17.2 Å². The van der Waals surface area contributed by atoms with E-state index in [1.807, 2.05) is 81.3 Å². The molecule has 3 aliphatic rings. The zero-order valence-corrected chi connectivity index (χ0v) is 30.6. The molecule has 52 heavy (non-hydrogen) atoms. The molecule has 3 aromatic carbocycles. The molecule has 0 fully saturated rings. The van der Waals surface area contributed by atoms with Crippen LogP contribution in [0.2, 0.25) is 0 Å². The normalized spacial score (nSPS) is 17.6. The number of anilines is 3. The van der Waals surface area contributed by atoms with Crippen molar-refractivity contribution in [2.45, 2.75) is 13.0 Å². The lowest BCUT2D eigenvalue weighted by Gasteiger charge is -2.31. The zero-order chi connectivity index (χ0) is 36.9. The lowest BCUT2D eigenvalue weighted by atomic mass is 9.86. The summed E-state index contributed by atoms with van der Waals surface area (Å²) in [6.45, 7) is 3.78. The van der Waals surface area contributed by atoms with Crippen LogP contribution in [0.15, 0.2) is 84.2 Å². The maximum absolute atomic E-state index is 12.3. The van der Waals surface area contributed by atoms with Crippen molar-refractivity contribution < 1.29 is 28.5 Å². The van der Waals surface area contributed by atoms with Gasteiger partial charge in [0.25, 0.3) is 0 Å². The first kappa shape index (κ1) is 36.3. The van der Waals surface area contributed by atoms with Crippen molar-refractivity contribution >= 4 is 34.4 Å². The van der Waals surface area contributed by atoms with Crippen molar-refractivity contribution in [3.05, 3.63) is 101 Å². The van der Waals surface area contributed by atoms with E-state index in [1.165, 1.54) is 0 Å². The van der Waals surface area contributed by atoms with Crippen LogP contribution in [-0.2, 0) is 14.3 Å². The molecule has 0 spiro atoms. The fourth-order valence-corrected chi connectivity index (χ4v) is 6.59. The van der Waals surface area contributed by atoms with Gasteiger partial charge in [0.15, 0.2) is 0 Å². The molecule has 12 heteroatoms. The molecule has 1 atom stereocenters. The summed E-state index contributed by atoms with van der Waals surface area (Å²) < 4.78 is 25.4. The standard InChI is InChI=1S/C40H48N6O6/c1-26-6-12-32-36(20-26)50-18-19-51-37-21-27(7-13-33(37)46(25-39(42)48)15-17-49-16-14-45(32)24-38(41)47)40-30-10-8-28(43(2)3)22-34(30)52-35-23-29(44(4)5)9-11-31(35)40/h6-13,20-23,28H,14-19,24-25H2,1-5H3,(H2,41,47)(H2,42,48). The molecule has 2 heterocycles. The number of likely N-dealkylation sites (N-methyl/N-ethyl adjacent to an activating group) is 1. The molecule has 4 N–H and O–H groups in total. The van der Waals surface area contributed by atoms with E-state index in [-0.39, 0.29) is 32.3 Å². The van der Waals surface area contributed by atoms with Crippen LogP contribution in [-0.4, -0.2) is 104 Å². The first-order chi connectivity index (χ1) is 25.0. The summed E-state index contributed by atoms with van der Waals surface area (Å²) in [5, 5.41) is 0. The van der Waals surface area contributed by atoms with Crippen LogP contribution >= 0.6 is 0 Å². The van der Waals surface area contributed by atoms with Gasteiger partial charge in [0.2, 0.25) is 11.8 Å². The Bertz CT molecular complexity index is 1920. The van der Waals surface area contributed by atoms with Crippen molar-refractivity contribution in [1.29, 1.82) is 0 Å². The number of carbonyl (C=O) groups is 2. The molecule has 0 saturated heterocycles. The number of aryl methyl sites for hydroxylation is 1. The first-order valence-electron chi connectivity index (χ1n) is 17.4. The van der Waals surface area contributed by atoms with Crippen LogP contribution in [0.1, 0.15) is 16.7 Å². The SMILES string of the molecule is Cc1ccc2c(c1)OCCOc1cc(C3=C4C=CC(N(C)C)C=C4Oc4cc(N(C)C)ccc43)ccc1N(CC(N)=O)CCOCCN2CC(N)=O. The van der Waals surface area contributed by atoms with Crippen molar-refractivity contribution in [3.63, 3.8) is 0 Å². The van der Waals surface area contributed by atoms with Crippen LogP contribution in [0.5, 0.6) is 17.2 Å². The Hall–Kier alpha value is -5.46. The second-order valence-corrected chi connectivity index (χ2v) is 13.5. The number of hydrogen-bond acceptors (Lipinski definition) is 10. The highest BCUT2D eigenvalue weighted by Crippen LogP contribution is 2.46. The monoisotopic (exact) mass is 708 g/mol. The fourth-order valence-electron chi connectivity index (χ4n) is 6.59. The Kier molecular flexibility index (Phi) is 11.1. The average Bonchev–Trinajstić information content (AvgIpc) is 3.10. The van der Waals surface area contributed by atoms with E-state index in [4.69, 9.17) is 30.4 Å².